The van der Waals surface area contributed by atoms with Crippen molar-refractivity contribution in [3.05, 3.63) is 71.3 Å². The van der Waals surface area contributed by atoms with E-state index in [1.54, 1.807) is 4.68 Å². The summed E-state index contributed by atoms with van der Waals surface area (Å²) in [6.07, 6.45) is 3.92. The predicted molar refractivity (Wildman–Crippen MR) is 84.8 cm³/mol. The van der Waals surface area contributed by atoms with Crippen molar-refractivity contribution in [2.45, 2.75) is 0 Å². The lowest BCUT2D eigenvalue weighted by molar-refractivity contribution is 0.804. The van der Waals surface area contributed by atoms with Crippen molar-refractivity contribution in [2.24, 2.45) is 0 Å². The molecule has 3 nitrogen and oxygen atoms in total. The molecule has 0 radical (unpaired) electrons. The second-order valence-corrected chi connectivity index (χ2v) is 4.83. The highest BCUT2D eigenvalue weighted by molar-refractivity contribution is 9.11. The van der Waals surface area contributed by atoms with Gasteiger partial charge in [0, 0.05) is 5.56 Å². The average molecular weight is 326 g/mol. The minimum atomic E-state index is 0.870. The minimum absolute atomic E-state index is 0.870. The zero-order valence-corrected chi connectivity index (χ0v) is 12.2. The standard InChI is InChI=1S/C16H12BrN3/c17-11-10-13-6-8-15(9-7-13)20-12-16(18-19-20)14-4-2-1-3-5-14/h1-12H/b11-10+. The fraction of sp³-hybridized carbons (Fsp3) is 0. The van der Waals surface area contributed by atoms with Crippen molar-refractivity contribution in [3.63, 3.8) is 0 Å². The Morgan fingerprint density at radius 1 is 0.950 bits per heavy atom. The lowest BCUT2D eigenvalue weighted by atomic mass is 10.2. The summed E-state index contributed by atoms with van der Waals surface area (Å²) in [5.41, 5.74) is 4.06. The quantitative estimate of drug-likeness (QED) is 0.718. The van der Waals surface area contributed by atoms with Gasteiger partial charge in [-0.15, -0.1) is 5.10 Å². The van der Waals surface area contributed by atoms with Crippen LogP contribution in [0.1, 0.15) is 5.56 Å². The van der Waals surface area contributed by atoms with Gasteiger partial charge in [0.15, 0.2) is 0 Å². The molecule has 98 valence electrons. The zero-order valence-electron chi connectivity index (χ0n) is 10.6. The summed E-state index contributed by atoms with van der Waals surface area (Å²) in [6.45, 7) is 0. The van der Waals surface area contributed by atoms with Crippen LogP contribution < -0.4 is 0 Å². The van der Waals surface area contributed by atoms with E-state index in [-0.39, 0.29) is 0 Å². The molecule has 0 aliphatic carbocycles. The highest BCUT2D eigenvalue weighted by atomic mass is 79.9. The normalized spacial score (nSPS) is 11.1. The number of nitrogens with zero attached hydrogens (tertiary/aromatic N) is 3. The summed E-state index contributed by atoms with van der Waals surface area (Å²) in [5, 5.41) is 8.39. The Morgan fingerprint density at radius 2 is 1.70 bits per heavy atom. The van der Waals surface area contributed by atoms with E-state index in [0.717, 1.165) is 22.5 Å². The molecule has 0 aliphatic heterocycles. The fourth-order valence-electron chi connectivity index (χ4n) is 1.94. The summed E-state index contributed by atoms with van der Waals surface area (Å²) in [6, 6.07) is 18.2. The first-order valence-electron chi connectivity index (χ1n) is 6.22. The summed E-state index contributed by atoms with van der Waals surface area (Å²) in [7, 11) is 0. The van der Waals surface area contributed by atoms with Crippen LogP contribution in [0, 0.1) is 0 Å². The molecule has 3 rings (SSSR count). The third-order valence-corrected chi connectivity index (χ3v) is 3.24. The first kappa shape index (κ1) is 12.8. The Hall–Kier alpha value is -2.20. The summed E-state index contributed by atoms with van der Waals surface area (Å²) in [5.74, 6) is 0. The molecule has 0 atom stereocenters. The van der Waals surface area contributed by atoms with Crippen molar-refractivity contribution in [1.82, 2.24) is 15.0 Å². The molecule has 0 aliphatic rings. The molecule has 0 saturated carbocycles. The fourth-order valence-corrected chi connectivity index (χ4v) is 2.25. The molecule has 20 heavy (non-hydrogen) atoms. The van der Waals surface area contributed by atoms with Crippen molar-refractivity contribution in [2.75, 3.05) is 0 Å². The van der Waals surface area contributed by atoms with Crippen LogP contribution >= 0.6 is 15.9 Å². The van der Waals surface area contributed by atoms with Crippen molar-refractivity contribution in [3.8, 4) is 16.9 Å². The maximum Gasteiger partial charge on any atom is 0.113 e. The Balaban J connectivity index is 1.90. The topological polar surface area (TPSA) is 30.7 Å². The van der Waals surface area contributed by atoms with Crippen LogP contribution in [0.15, 0.2) is 65.8 Å². The Bertz CT molecular complexity index is 715. The second kappa shape index (κ2) is 5.84. The van der Waals surface area contributed by atoms with Crippen LogP contribution in [0.4, 0.5) is 0 Å². The highest BCUT2D eigenvalue weighted by Gasteiger charge is 2.04. The van der Waals surface area contributed by atoms with Crippen LogP contribution in [0.5, 0.6) is 0 Å². The largest absolute Gasteiger partial charge is 0.220 e. The van der Waals surface area contributed by atoms with E-state index < -0.39 is 0 Å². The number of aromatic nitrogens is 3. The highest BCUT2D eigenvalue weighted by Crippen LogP contribution is 2.17. The lowest BCUT2D eigenvalue weighted by Crippen LogP contribution is -1.94. The van der Waals surface area contributed by atoms with Gasteiger partial charge in [-0.2, -0.15) is 0 Å². The summed E-state index contributed by atoms with van der Waals surface area (Å²) in [4.78, 5) is 1.84. The molecule has 0 bridgehead atoms. The smallest absolute Gasteiger partial charge is 0.113 e. The number of benzene rings is 2. The molecule has 1 aromatic heterocycles. The molecule has 4 heteroatoms. The van der Waals surface area contributed by atoms with Gasteiger partial charge in [0.05, 0.1) is 11.9 Å². The number of hydrogen-bond donors (Lipinski definition) is 0. The number of hydrogen-bond acceptors (Lipinski definition) is 2. The van der Waals surface area contributed by atoms with Gasteiger partial charge in [-0.25, -0.2) is 4.68 Å². The van der Waals surface area contributed by atoms with Crippen molar-refractivity contribution < 1.29 is 0 Å². The molecular formula is C16H12BrN3. The summed E-state index contributed by atoms with van der Waals surface area (Å²) >= 11 is 3.27. The first-order valence-corrected chi connectivity index (χ1v) is 7.13. The molecule has 0 spiro atoms. The van der Waals surface area contributed by atoms with Crippen molar-refractivity contribution in [1.29, 1.82) is 0 Å². The molecule has 0 fully saturated rings. The predicted octanol–water partition coefficient (Wildman–Crippen LogP) is 4.30. The molecule has 0 unspecified atom stereocenters. The van der Waals surface area contributed by atoms with Gasteiger partial charge in [-0.3, -0.25) is 0 Å². The van der Waals surface area contributed by atoms with Gasteiger partial charge < -0.3 is 0 Å². The molecule has 3 aromatic rings. The van der Waals surface area contributed by atoms with E-state index in [9.17, 15) is 0 Å². The van der Waals surface area contributed by atoms with Gasteiger partial charge in [0.2, 0.25) is 0 Å². The molecule has 2 aromatic carbocycles. The number of halogens is 1. The van der Waals surface area contributed by atoms with Gasteiger partial charge >= 0.3 is 0 Å². The van der Waals surface area contributed by atoms with E-state index in [0.29, 0.717) is 0 Å². The van der Waals surface area contributed by atoms with E-state index in [1.807, 2.05) is 71.9 Å². The van der Waals surface area contributed by atoms with Crippen LogP contribution in [0.3, 0.4) is 0 Å². The van der Waals surface area contributed by atoms with Gasteiger partial charge in [0.1, 0.15) is 5.69 Å². The van der Waals surface area contributed by atoms with Crippen LogP contribution in [-0.4, -0.2) is 15.0 Å². The molecule has 0 saturated heterocycles. The maximum absolute atomic E-state index is 4.21. The van der Waals surface area contributed by atoms with E-state index in [4.69, 9.17) is 0 Å². The SMILES string of the molecule is Br/C=C/c1ccc(-n2cc(-c3ccccc3)nn2)cc1. The first-order chi connectivity index (χ1) is 9.86. The van der Waals surface area contributed by atoms with E-state index in [2.05, 4.69) is 26.2 Å². The Labute approximate surface area is 125 Å². The number of rotatable bonds is 3. The third kappa shape index (κ3) is 2.70. The van der Waals surface area contributed by atoms with E-state index >= 15 is 0 Å². The van der Waals surface area contributed by atoms with Crippen LogP contribution in [0.2, 0.25) is 0 Å². The maximum atomic E-state index is 4.21. The summed E-state index contributed by atoms with van der Waals surface area (Å²) < 4.78 is 1.78. The average Bonchev–Trinajstić information content (AvgIpc) is 2.99. The second-order valence-electron chi connectivity index (χ2n) is 4.30. The van der Waals surface area contributed by atoms with Gasteiger partial charge in [0.25, 0.3) is 0 Å². The third-order valence-electron chi connectivity index (χ3n) is 2.98. The zero-order chi connectivity index (χ0) is 13.8. The van der Waals surface area contributed by atoms with Gasteiger partial charge in [-0.05, 0) is 28.8 Å². The Kier molecular flexibility index (Phi) is 3.74. The lowest BCUT2D eigenvalue weighted by Gasteiger charge is -2.00. The van der Waals surface area contributed by atoms with Crippen LogP contribution in [-0.2, 0) is 0 Å². The van der Waals surface area contributed by atoms with Crippen molar-refractivity contribution >= 4 is 22.0 Å². The molecule has 0 N–H and O–H groups in total. The van der Waals surface area contributed by atoms with Gasteiger partial charge in [-0.1, -0.05) is 63.6 Å². The van der Waals surface area contributed by atoms with E-state index in [1.165, 1.54) is 0 Å². The molecule has 1 heterocycles. The minimum Gasteiger partial charge on any atom is -0.220 e. The molecular weight excluding hydrogens is 314 g/mol. The van der Waals surface area contributed by atoms with Crippen LogP contribution in [0.25, 0.3) is 23.0 Å². The molecule has 0 amide bonds. The monoisotopic (exact) mass is 325 g/mol. The Morgan fingerprint density at radius 3 is 2.40 bits per heavy atom.